The van der Waals surface area contributed by atoms with Crippen LogP contribution in [0, 0.1) is 11.8 Å². The Morgan fingerprint density at radius 2 is 1.63 bits per heavy atom. The van der Waals surface area contributed by atoms with Crippen LogP contribution < -0.4 is 14.2 Å². The summed E-state index contributed by atoms with van der Waals surface area (Å²) in [5.41, 5.74) is 0.968. The molecule has 0 spiro atoms. The second-order valence-corrected chi connectivity index (χ2v) is 4.23. The highest BCUT2D eigenvalue weighted by atomic mass is 35.5. The smallest absolute Gasteiger partial charge is 0.205 e. The topological polar surface area (TPSA) is 27.7 Å². The molecule has 0 fully saturated rings. The van der Waals surface area contributed by atoms with Gasteiger partial charge >= 0.3 is 0 Å². The van der Waals surface area contributed by atoms with Crippen LogP contribution in [0.4, 0.5) is 0 Å². The Morgan fingerprint density at radius 1 is 1.00 bits per heavy atom. The van der Waals surface area contributed by atoms with Gasteiger partial charge in [0.05, 0.1) is 26.4 Å². The second kappa shape index (κ2) is 7.81. The first-order valence-electron chi connectivity index (χ1n) is 6.12. The molecule has 3 nitrogen and oxygen atoms in total. The Morgan fingerprint density at radius 3 is 2.16 bits per heavy atom. The van der Waals surface area contributed by atoms with Crippen molar-refractivity contribution in [2.24, 2.45) is 0 Å². The molecule has 0 saturated heterocycles. The van der Waals surface area contributed by atoms with Crippen LogP contribution in [0.3, 0.4) is 0 Å². The Bertz CT molecular complexity index is 486. The zero-order chi connectivity index (χ0) is 14.3. The molecule has 1 aromatic rings. The normalized spacial score (nSPS) is 9.53. The van der Waals surface area contributed by atoms with E-state index in [0.717, 1.165) is 24.8 Å². The van der Waals surface area contributed by atoms with Crippen molar-refractivity contribution in [2.45, 2.75) is 26.2 Å². The predicted octanol–water partition coefficient (Wildman–Crippen LogP) is 3.71. The molecule has 0 N–H and O–H groups in total. The third-order valence-electron chi connectivity index (χ3n) is 2.66. The molecule has 0 heterocycles. The van der Waals surface area contributed by atoms with E-state index in [1.807, 2.05) is 13.0 Å². The standard InChI is InChI=1S/C15H19ClO3/c1-5-6-7-8-9-11-10-12(16)14(18-3)15(19-4)13(11)17-2/h10H,5,8-9H2,1-4H3. The van der Waals surface area contributed by atoms with E-state index in [1.165, 1.54) is 0 Å². The number of rotatable bonds is 5. The van der Waals surface area contributed by atoms with Crippen molar-refractivity contribution in [1.82, 2.24) is 0 Å². The minimum Gasteiger partial charge on any atom is -0.492 e. The van der Waals surface area contributed by atoms with Crippen molar-refractivity contribution in [2.75, 3.05) is 21.3 Å². The summed E-state index contributed by atoms with van der Waals surface area (Å²) in [4.78, 5) is 0. The average molecular weight is 283 g/mol. The van der Waals surface area contributed by atoms with Crippen LogP contribution in [0.5, 0.6) is 17.2 Å². The molecule has 1 rings (SSSR count). The van der Waals surface area contributed by atoms with Crippen LogP contribution in [0.1, 0.15) is 25.3 Å². The Labute approximate surface area is 119 Å². The number of hydrogen-bond acceptors (Lipinski definition) is 3. The van der Waals surface area contributed by atoms with Crippen LogP contribution >= 0.6 is 11.6 Å². The zero-order valence-electron chi connectivity index (χ0n) is 11.8. The third-order valence-corrected chi connectivity index (χ3v) is 2.94. The fourth-order valence-electron chi connectivity index (χ4n) is 1.84. The maximum atomic E-state index is 6.19. The summed E-state index contributed by atoms with van der Waals surface area (Å²) >= 11 is 6.19. The minimum atomic E-state index is 0.490. The first-order valence-corrected chi connectivity index (χ1v) is 6.50. The number of ether oxygens (including phenoxy) is 3. The quantitative estimate of drug-likeness (QED) is 0.771. The molecule has 4 heteroatoms. The van der Waals surface area contributed by atoms with Crippen molar-refractivity contribution in [3.05, 3.63) is 16.7 Å². The highest BCUT2D eigenvalue weighted by Crippen LogP contribution is 2.45. The SMILES string of the molecule is CCC#CCCc1cc(Cl)c(OC)c(OC)c1OC. The number of halogens is 1. The van der Waals surface area contributed by atoms with Gasteiger partial charge in [-0.1, -0.05) is 18.5 Å². The van der Waals surface area contributed by atoms with Crippen LogP contribution in [0.15, 0.2) is 6.07 Å². The third kappa shape index (κ3) is 3.71. The molecule has 0 aliphatic carbocycles. The highest BCUT2D eigenvalue weighted by Gasteiger charge is 2.19. The predicted molar refractivity (Wildman–Crippen MR) is 77.5 cm³/mol. The van der Waals surface area contributed by atoms with E-state index < -0.39 is 0 Å². The molecule has 0 aromatic heterocycles. The van der Waals surface area contributed by atoms with Gasteiger partial charge in [-0.25, -0.2) is 0 Å². The maximum absolute atomic E-state index is 6.19. The van der Waals surface area contributed by atoms with Crippen molar-refractivity contribution < 1.29 is 14.2 Å². The van der Waals surface area contributed by atoms with Crippen LogP contribution in [-0.4, -0.2) is 21.3 Å². The molecule has 0 radical (unpaired) electrons. The fraction of sp³-hybridized carbons (Fsp3) is 0.467. The van der Waals surface area contributed by atoms with E-state index in [4.69, 9.17) is 25.8 Å². The van der Waals surface area contributed by atoms with E-state index in [9.17, 15) is 0 Å². The van der Waals surface area contributed by atoms with Crippen LogP contribution in [0.2, 0.25) is 5.02 Å². The summed E-state index contributed by atoms with van der Waals surface area (Å²) in [7, 11) is 4.72. The van der Waals surface area contributed by atoms with E-state index in [1.54, 1.807) is 21.3 Å². The lowest BCUT2D eigenvalue weighted by Gasteiger charge is -2.16. The van der Waals surface area contributed by atoms with Crippen molar-refractivity contribution in [3.63, 3.8) is 0 Å². The molecule has 0 bridgehead atoms. The molecule has 104 valence electrons. The summed E-state index contributed by atoms with van der Waals surface area (Å²) in [6, 6.07) is 1.84. The molecule has 19 heavy (non-hydrogen) atoms. The molecule has 1 aromatic carbocycles. The molecule has 0 unspecified atom stereocenters. The molecule has 0 atom stereocenters. The van der Waals surface area contributed by atoms with Gasteiger partial charge in [0.15, 0.2) is 11.5 Å². The molecule has 0 aliphatic rings. The average Bonchev–Trinajstić information content (AvgIpc) is 2.42. The van der Waals surface area contributed by atoms with Gasteiger partial charge in [-0.2, -0.15) is 0 Å². The Hall–Kier alpha value is -1.53. The lowest BCUT2D eigenvalue weighted by molar-refractivity contribution is 0.322. The number of aryl methyl sites for hydroxylation is 1. The summed E-state index contributed by atoms with van der Waals surface area (Å²) < 4.78 is 16.0. The van der Waals surface area contributed by atoms with E-state index in [0.29, 0.717) is 22.3 Å². The largest absolute Gasteiger partial charge is 0.492 e. The zero-order valence-corrected chi connectivity index (χ0v) is 12.6. The monoisotopic (exact) mass is 282 g/mol. The molecular formula is C15H19ClO3. The lowest BCUT2D eigenvalue weighted by atomic mass is 10.1. The summed E-state index contributed by atoms with van der Waals surface area (Å²) in [6.45, 7) is 2.03. The molecular weight excluding hydrogens is 264 g/mol. The van der Waals surface area contributed by atoms with Crippen molar-refractivity contribution >= 4 is 11.6 Å². The molecule has 0 saturated carbocycles. The second-order valence-electron chi connectivity index (χ2n) is 3.82. The lowest BCUT2D eigenvalue weighted by Crippen LogP contribution is -2.00. The van der Waals surface area contributed by atoms with Gasteiger partial charge in [0.1, 0.15) is 0 Å². The van der Waals surface area contributed by atoms with Gasteiger partial charge in [-0.05, 0) is 12.5 Å². The van der Waals surface area contributed by atoms with E-state index >= 15 is 0 Å². The fourth-order valence-corrected chi connectivity index (χ4v) is 2.13. The van der Waals surface area contributed by atoms with Crippen LogP contribution in [-0.2, 0) is 6.42 Å². The highest BCUT2D eigenvalue weighted by molar-refractivity contribution is 6.32. The summed E-state index contributed by atoms with van der Waals surface area (Å²) in [5, 5.41) is 0.513. The minimum absolute atomic E-state index is 0.490. The number of methoxy groups -OCH3 is 3. The van der Waals surface area contributed by atoms with Crippen LogP contribution in [0.25, 0.3) is 0 Å². The first-order chi connectivity index (χ1) is 9.19. The molecule has 0 amide bonds. The Balaban J connectivity index is 3.13. The maximum Gasteiger partial charge on any atom is 0.205 e. The van der Waals surface area contributed by atoms with Crippen molar-refractivity contribution in [1.29, 1.82) is 0 Å². The molecule has 0 aliphatic heterocycles. The first kappa shape index (κ1) is 15.5. The number of benzene rings is 1. The van der Waals surface area contributed by atoms with Gasteiger partial charge < -0.3 is 14.2 Å². The Kier molecular flexibility index (Phi) is 6.38. The summed E-state index contributed by atoms with van der Waals surface area (Å²) in [5.74, 6) is 7.81. The van der Waals surface area contributed by atoms with Gasteiger partial charge in [-0.15, -0.1) is 11.8 Å². The van der Waals surface area contributed by atoms with Crippen molar-refractivity contribution in [3.8, 4) is 29.1 Å². The van der Waals surface area contributed by atoms with Gasteiger partial charge in [0, 0.05) is 18.4 Å². The number of hydrogen-bond donors (Lipinski definition) is 0. The summed E-state index contributed by atoms with van der Waals surface area (Å²) in [6.07, 6.45) is 2.39. The van der Waals surface area contributed by atoms with Gasteiger partial charge in [0.2, 0.25) is 5.75 Å². The van der Waals surface area contributed by atoms with E-state index in [-0.39, 0.29) is 0 Å². The van der Waals surface area contributed by atoms with E-state index in [2.05, 4.69) is 11.8 Å². The van der Waals surface area contributed by atoms with Gasteiger partial charge in [0.25, 0.3) is 0 Å². The van der Waals surface area contributed by atoms with Gasteiger partial charge in [-0.3, -0.25) is 0 Å².